The summed E-state index contributed by atoms with van der Waals surface area (Å²) in [5.41, 5.74) is 9.29. The molecule has 1 aliphatic carbocycles. The molecule has 1 aromatic carbocycles. The van der Waals surface area contributed by atoms with Gasteiger partial charge in [-0.15, -0.1) is 24.8 Å². The van der Waals surface area contributed by atoms with Crippen molar-refractivity contribution in [1.29, 1.82) is 0 Å². The zero-order valence-corrected chi connectivity index (χ0v) is 17.0. The molecule has 2 aliphatic rings. The second kappa shape index (κ2) is 11.1. The van der Waals surface area contributed by atoms with E-state index < -0.39 is 0 Å². The monoisotopic (exact) mass is 403 g/mol. The molecule has 0 radical (unpaired) electrons. The van der Waals surface area contributed by atoms with Gasteiger partial charge in [0.05, 0.1) is 13.2 Å². The van der Waals surface area contributed by atoms with E-state index in [-0.39, 0.29) is 42.7 Å². The van der Waals surface area contributed by atoms with Crippen LogP contribution in [0.15, 0.2) is 18.2 Å². The van der Waals surface area contributed by atoms with Gasteiger partial charge in [-0.3, -0.25) is 9.69 Å². The van der Waals surface area contributed by atoms with Gasteiger partial charge in [0.1, 0.15) is 0 Å². The lowest BCUT2D eigenvalue weighted by atomic mass is 9.85. The van der Waals surface area contributed by atoms with E-state index in [1.165, 1.54) is 5.56 Å². The number of hydrogen-bond acceptors (Lipinski definition) is 4. The van der Waals surface area contributed by atoms with E-state index >= 15 is 0 Å². The van der Waals surface area contributed by atoms with Crippen LogP contribution in [0.3, 0.4) is 0 Å². The van der Waals surface area contributed by atoms with Gasteiger partial charge >= 0.3 is 0 Å². The number of carbonyl (C=O) groups is 1. The Labute approximate surface area is 168 Å². The molecule has 1 amide bonds. The predicted molar refractivity (Wildman–Crippen MR) is 110 cm³/mol. The van der Waals surface area contributed by atoms with Gasteiger partial charge in [0, 0.05) is 37.3 Å². The van der Waals surface area contributed by atoms with E-state index in [9.17, 15) is 4.79 Å². The van der Waals surface area contributed by atoms with Crippen molar-refractivity contribution in [3.63, 3.8) is 0 Å². The van der Waals surface area contributed by atoms with Crippen molar-refractivity contribution in [3.05, 3.63) is 29.3 Å². The number of halogens is 2. The first-order chi connectivity index (χ1) is 11.6. The summed E-state index contributed by atoms with van der Waals surface area (Å²) in [6, 6.07) is 6.53. The largest absolute Gasteiger partial charge is 0.379 e. The lowest BCUT2D eigenvalue weighted by Gasteiger charge is -2.27. The first kappa shape index (κ1) is 23.2. The first-order valence-corrected chi connectivity index (χ1v) is 9.08. The van der Waals surface area contributed by atoms with Crippen molar-refractivity contribution in [2.24, 2.45) is 11.7 Å². The van der Waals surface area contributed by atoms with Crippen LogP contribution in [-0.2, 0) is 16.1 Å². The number of ether oxygens (including phenoxy) is 1. The zero-order valence-electron chi connectivity index (χ0n) is 15.4. The van der Waals surface area contributed by atoms with Crippen LogP contribution in [0.1, 0.15) is 36.8 Å². The van der Waals surface area contributed by atoms with Gasteiger partial charge in [-0.25, -0.2) is 0 Å². The van der Waals surface area contributed by atoms with Crippen LogP contribution in [0.5, 0.6) is 0 Å². The number of nitrogens with one attached hydrogen (secondary N) is 1. The van der Waals surface area contributed by atoms with Crippen molar-refractivity contribution in [2.75, 3.05) is 31.6 Å². The Kier molecular flexibility index (Phi) is 9.90. The normalized spacial score (nSPS) is 23.5. The maximum absolute atomic E-state index is 12.6. The minimum Gasteiger partial charge on any atom is -0.379 e. The number of amides is 1. The van der Waals surface area contributed by atoms with Gasteiger partial charge in [0.25, 0.3) is 0 Å². The highest BCUT2D eigenvalue weighted by Gasteiger charge is 2.25. The highest BCUT2D eigenvalue weighted by Crippen LogP contribution is 2.26. The van der Waals surface area contributed by atoms with Crippen LogP contribution >= 0.6 is 24.8 Å². The average molecular weight is 404 g/mol. The molecule has 2 fully saturated rings. The SMILES string of the molecule is Cc1ccc(CN2CCOCC2)cc1NC(=O)C1CCCC(N)C1.Cl.Cl. The molecule has 5 nitrogen and oxygen atoms in total. The average Bonchev–Trinajstić information content (AvgIpc) is 2.59. The molecule has 26 heavy (non-hydrogen) atoms. The quantitative estimate of drug-likeness (QED) is 0.809. The fourth-order valence-electron chi connectivity index (χ4n) is 3.62. The van der Waals surface area contributed by atoms with Crippen LogP contribution in [-0.4, -0.2) is 43.2 Å². The number of anilines is 1. The van der Waals surface area contributed by atoms with Crippen molar-refractivity contribution in [3.8, 4) is 0 Å². The fraction of sp³-hybridized carbons (Fsp3) is 0.632. The third kappa shape index (κ3) is 6.39. The third-order valence-corrected chi connectivity index (χ3v) is 5.16. The Morgan fingerprint density at radius 2 is 2.00 bits per heavy atom. The Bertz CT molecular complexity index is 580. The Morgan fingerprint density at radius 3 is 2.69 bits per heavy atom. The summed E-state index contributed by atoms with van der Waals surface area (Å²) in [4.78, 5) is 15.0. The molecule has 0 spiro atoms. The number of aryl methyl sites for hydroxylation is 1. The van der Waals surface area contributed by atoms with Gasteiger partial charge in [-0.2, -0.15) is 0 Å². The standard InChI is InChI=1S/C19H29N3O2.2ClH/c1-14-5-6-15(13-22-7-9-24-10-8-22)11-18(14)21-19(23)16-3-2-4-17(20)12-16;;/h5-6,11,16-17H,2-4,7-10,12-13,20H2,1H3,(H,21,23);2*1H. The highest BCUT2D eigenvalue weighted by molar-refractivity contribution is 5.93. The lowest BCUT2D eigenvalue weighted by Crippen LogP contribution is -2.35. The summed E-state index contributed by atoms with van der Waals surface area (Å²) in [5.74, 6) is 0.174. The molecule has 1 saturated heterocycles. The molecule has 1 saturated carbocycles. The zero-order chi connectivity index (χ0) is 16.9. The van der Waals surface area contributed by atoms with Crippen molar-refractivity contribution < 1.29 is 9.53 Å². The number of carbonyl (C=O) groups excluding carboxylic acids is 1. The van der Waals surface area contributed by atoms with Gasteiger partial charge in [0.2, 0.25) is 5.91 Å². The lowest BCUT2D eigenvalue weighted by molar-refractivity contribution is -0.120. The molecule has 1 heterocycles. The summed E-state index contributed by atoms with van der Waals surface area (Å²) in [6.07, 6.45) is 3.84. The summed E-state index contributed by atoms with van der Waals surface area (Å²) >= 11 is 0. The molecule has 148 valence electrons. The van der Waals surface area contributed by atoms with Gasteiger partial charge in [0.15, 0.2) is 0 Å². The molecule has 3 rings (SSSR count). The molecule has 2 atom stereocenters. The van der Waals surface area contributed by atoms with E-state index in [2.05, 4.69) is 28.4 Å². The molecule has 7 heteroatoms. The number of rotatable bonds is 4. The highest BCUT2D eigenvalue weighted by atomic mass is 35.5. The molecule has 1 aromatic rings. The van der Waals surface area contributed by atoms with Gasteiger partial charge in [-0.05, 0) is 43.4 Å². The van der Waals surface area contributed by atoms with Gasteiger partial charge in [-0.1, -0.05) is 18.6 Å². The van der Waals surface area contributed by atoms with E-state index in [0.717, 1.165) is 69.8 Å². The molecular weight excluding hydrogens is 373 g/mol. The van der Waals surface area contributed by atoms with Crippen LogP contribution < -0.4 is 11.1 Å². The van der Waals surface area contributed by atoms with E-state index in [1.54, 1.807) is 0 Å². The summed E-state index contributed by atoms with van der Waals surface area (Å²) in [5, 5.41) is 3.14. The number of nitrogens with zero attached hydrogens (tertiary/aromatic N) is 1. The first-order valence-electron chi connectivity index (χ1n) is 9.08. The molecule has 1 aliphatic heterocycles. The van der Waals surface area contributed by atoms with Crippen molar-refractivity contribution in [1.82, 2.24) is 4.90 Å². The van der Waals surface area contributed by atoms with Crippen LogP contribution in [0.2, 0.25) is 0 Å². The van der Waals surface area contributed by atoms with Crippen molar-refractivity contribution >= 4 is 36.4 Å². The maximum atomic E-state index is 12.6. The fourth-order valence-corrected chi connectivity index (χ4v) is 3.62. The van der Waals surface area contributed by atoms with Crippen molar-refractivity contribution in [2.45, 2.75) is 45.2 Å². The summed E-state index contributed by atoms with van der Waals surface area (Å²) < 4.78 is 5.40. The Hall–Kier alpha value is -0.850. The number of benzene rings is 1. The predicted octanol–water partition coefficient (Wildman–Crippen LogP) is 3.13. The van der Waals surface area contributed by atoms with E-state index in [1.807, 2.05) is 6.92 Å². The molecule has 0 bridgehead atoms. The third-order valence-electron chi connectivity index (χ3n) is 5.16. The van der Waals surface area contributed by atoms with E-state index in [4.69, 9.17) is 10.5 Å². The smallest absolute Gasteiger partial charge is 0.227 e. The second-order valence-corrected chi connectivity index (χ2v) is 7.15. The molecular formula is C19H31Cl2N3O2. The van der Waals surface area contributed by atoms with Gasteiger partial charge < -0.3 is 15.8 Å². The Balaban J connectivity index is 0.00000169. The minimum absolute atomic E-state index is 0. The Morgan fingerprint density at radius 1 is 1.27 bits per heavy atom. The minimum atomic E-state index is 0. The molecule has 2 unspecified atom stereocenters. The second-order valence-electron chi connectivity index (χ2n) is 7.15. The van der Waals surface area contributed by atoms with Crippen LogP contribution in [0.4, 0.5) is 5.69 Å². The topological polar surface area (TPSA) is 67.6 Å². The van der Waals surface area contributed by atoms with Crippen LogP contribution in [0, 0.1) is 12.8 Å². The number of morpholine rings is 1. The van der Waals surface area contributed by atoms with E-state index in [0.29, 0.717) is 0 Å². The summed E-state index contributed by atoms with van der Waals surface area (Å²) in [6.45, 7) is 6.49. The summed E-state index contributed by atoms with van der Waals surface area (Å²) in [7, 11) is 0. The molecule has 3 N–H and O–H groups in total. The molecule has 0 aromatic heterocycles. The van der Waals surface area contributed by atoms with Crippen LogP contribution in [0.25, 0.3) is 0 Å². The maximum Gasteiger partial charge on any atom is 0.227 e. The number of hydrogen-bond donors (Lipinski definition) is 2. The number of nitrogens with two attached hydrogens (primary N) is 1.